The molecule has 2 aliphatic rings. The lowest BCUT2D eigenvalue weighted by molar-refractivity contribution is 0.0904. The number of piperidine rings is 1. The molecule has 2 fully saturated rings. The van der Waals surface area contributed by atoms with E-state index in [4.69, 9.17) is 0 Å². The Balaban J connectivity index is 1.49. The highest BCUT2D eigenvalue weighted by molar-refractivity contribution is 5.95. The molecule has 0 aromatic carbocycles. The number of nitrogens with one attached hydrogen (secondary N) is 2. The number of aromatic nitrogens is 3. The zero-order chi connectivity index (χ0) is 13.5. The largest absolute Gasteiger partial charge is 0.347 e. The summed E-state index contributed by atoms with van der Waals surface area (Å²) in [4.78, 5) is 26.0. The summed E-state index contributed by atoms with van der Waals surface area (Å²) in [6.45, 7) is 3.34. The quantitative estimate of drug-likeness (QED) is 0.846. The van der Waals surface area contributed by atoms with Gasteiger partial charge in [-0.15, -0.1) is 0 Å². The summed E-state index contributed by atoms with van der Waals surface area (Å²) in [5.41, 5.74) is 2.08. The normalized spacial score (nSPS) is 28.7. The predicted octanol–water partition coefficient (Wildman–Crippen LogP) is 0.782. The van der Waals surface area contributed by atoms with Gasteiger partial charge < -0.3 is 15.2 Å². The van der Waals surface area contributed by atoms with Gasteiger partial charge in [-0.3, -0.25) is 4.79 Å². The summed E-state index contributed by atoms with van der Waals surface area (Å²) in [7, 11) is 0. The third-order valence-corrected chi connectivity index (χ3v) is 4.34. The monoisotopic (exact) mass is 271 g/mol. The molecule has 2 aromatic heterocycles. The van der Waals surface area contributed by atoms with E-state index in [9.17, 15) is 4.79 Å². The molecule has 0 saturated carbocycles. The second-order valence-corrected chi connectivity index (χ2v) is 5.81. The van der Waals surface area contributed by atoms with Gasteiger partial charge in [-0.2, -0.15) is 0 Å². The van der Waals surface area contributed by atoms with E-state index in [0.717, 1.165) is 29.9 Å². The van der Waals surface area contributed by atoms with Gasteiger partial charge in [0.2, 0.25) is 0 Å². The van der Waals surface area contributed by atoms with Crippen LogP contribution in [0.1, 0.15) is 23.3 Å². The van der Waals surface area contributed by atoms with Gasteiger partial charge in [0.15, 0.2) is 0 Å². The van der Waals surface area contributed by atoms with Gasteiger partial charge in [0.05, 0.1) is 18.0 Å². The highest BCUT2D eigenvalue weighted by atomic mass is 16.1. The zero-order valence-electron chi connectivity index (χ0n) is 11.2. The molecule has 1 unspecified atom stereocenters. The third-order valence-electron chi connectivity index (χ3n) is 4.34. The molecule has 2 saturated heterocycles. The second-order valence-electron chi connectivity index (χ2n) is 5.81. The van der Waals surface area contributed by atoms with Gasteiger partial charge in [-0.25, -0.2) is 9.97 Å². The first-order valence-corrected chi connectivity index (χ1v) is 7.10. The Morgan fingerprint density at radius 2 is 2.35 bits per heavy atom. The highest BCUT2D eigenvalue weighted by Crippen LogP contribution is 2.26. The summed E-state index contributed by atoms with van der Waals surface area (Å²) in [6, 6.07) is 2.01. The van der Waals surface area contributed by atoms with Crippen molar-refractivity contribution < 1.29 is 4.79 Å². The van der Waals surface area contributed by atoms with Crippen LogP contribution in [-0.4, -0.2) is 51.4 Å². The molecule has 3 atom stereocenters. The van der Waals surface area contributed by atoms with E-state index in [2.05, 4.69) is 25.2 Å². The van der Waals surface area contributed by atoms with Gasteiger partial charge in [-0.05, 0) is 31.4 Å². The molecule has 0 spiro atoms. The van der Waals surface area contributed by atoms with Gasteiger partial charge >= 0.3 is 0 Å². The van der Waals surface area contributed by atoms with Crippen molar-refractivity contribution in [3.8, 4) is 0 Å². The second kappa shape index (κ2) is 4.56. The van der Waals surface area contributed by atoms with Crippen molar-refractivity contribution in [3.63, 3.8) is 0 Å². The predicted molar refractivity (Wildman–Crippen MR) is 74.3 cm³/mol. The molecule has 2 aliphatic heterocycles. The molecule has 6 nitrogen and oxygen atoms in total. The van der Waals surface area contributed by atoms with Crippen molar-refractivity contribution in [1.29, 1.82) is 0 Å². The van der Waals surface area contributed by atoms with Crippen LogP contribution in [0.3, 0.4) is 0 Å². The molecule has 2 aromatic rings. The van der Waals surface area contributed by atoms with Crippen LogP contribution < -0.4 is 5.32 Å². The van der Waals surface area contributed by atoms with Crippen LogP contribution >= 0.6 is 0 Å². The molecule has 20 heavy (non-hydrogen) atoms. The van der Waals surface area contributed by atoms with Crippen LogP contribution in [-0.2, 0) is 0 Å². The highest BCUT2D eigenvalue weighted by Gasteiger charge is 2.33. The van der Waals surface area contributed by atoms with Crippen molar-refractivity contribution >= 4 is 16.9 Å². The fraction of sp³-hybridized carbons (Fsp3) is 0.500. The number of carbonyl (C=O) groups excluding carboxylic acids is 1. The van der Waals surface area contributed by atoms with Crippen LogP contribution in [0.15, 0.2) is 18.6 Å². The van der Waals surface area contributed by atoms with Crippen LogP contribution in [0.2, 0.25) is 0 Å². The lowest BCUT2D eigenvalue weighted by Gasteiger charge is -2.30. The zero-order valence-corrected chi connectivity index (χ0v) is 11.2. The first-order valence-electron chi connectivity index (χ1n) is 7.10. The molecule has 0 radical (unpaired) electrons. The van der Waals surface area contributed by atoms with Crippen LogP contribution in [0.25, 0.3) is 11.0 Å². The summed E-state index contributed by atoms with van der Waals surface area (Å²) in [6.07, 6.45) is 5.61. The first kappa shape index (κ1) is 11.8. The van der Waals surface area contributed by atoms with Crippen molar-refractivity contribution in [2.24, 2.45) is 5.92 Å². The number of fused-ring (bicyclic) bond motifs is 3. The average molecular weight is 271 g/mol. The lowest BCUT2D eigenvalue weighted by Crippen LogP contribution is -2.47. The number of pyridine rings is 1. The molecule has 2 bridgehead atoms. The van der Waals surface area contributed by atoms with Gasteiger partial charge in [0.25, 0.3) is 5.91 Å². The fourth-order valence-electron chi connectivity index (χ4n) is 3.39. The van der Waals surface area contributed by atoms with E-state index in [1.807, 2.05) is 0 Å². The summed E-state index contributed by atoms with van der Waals surface area (Å²) in [5, 5.41) is 3.12. The minimum Gasteiger partial charge on any atom is -0.347 e. The Hall–Kier alpha value is -1.95. The Kier molecular flexibility index (Phi) is 2.70. The number of rotatable bonds is 2. The average Bonchev–Trinajstić information content (AvgIpc) is 3.04. The summed E-state index contributed by atoms with van der Waals surface area (Å²) < 4.78 is 0. The minimum atomic E-state index is -0.0889. The van der Waals surface area contributed by atoms with Gasteiger partial charge in [-0.1, -0.05) is 0 Å². The third kappa shape index (κ3) is 2.06. The first-order chi connectivity index (χ1) is 9.78. The van der Waals surface area contributed by atoms with E-state index in [1.54, 1.807) is 18.6 Å². The number of nitrogens with zero attached hydrogens (tertiary/aromatic N) is 3. The number of H-pyrrole nitrogens is 1. The SMILES string of the molecule is O=C(N[C@@H]1C[C@H]2CCN(C2)C1)c1cc2[nH]cnc2cn1. The molecule has 0 aliphatic carbocycles. The number of carbonyl (C=O) groups is 1. The number of hydrogen-bond donors (Lipinski definition) is 2. The smallest absolute Gasteiger partial charge is 0.270 e. The van der Waals surface area contributed by atoms with Crippen LogP contribution in [0.5, 0.6) is 0 Å². The maximum absolute atomic E-state index is 12.3. The molecule has 104 valence electrons. The molecule has 2 N–H and O–H groups in total. The fourth-order valence-corrected chi connectivity index (χ4v) is 3.39. The molecule has 1 amide bonds. The maximum Gasteiger partial charge on any atom is 0.270 e. The number of hydrogen-bond acceptors (Lipinski definition) is 4. The maximum atomic E-state index is 12.3. The van der Waals surface area contributed by atoms with Crippen LogP contribution in [0.4, 0.5) is 0 Å². The Morgan fingerprint density at radius 1 is 1.40 bits per heavy atom. The Morgan fingerprint density at radius 3 is 3.25 bits per heavy atom. The van der Waals surface area contributed by atoms with Crippen molar-refractivity contribution in [2.75, 3.05) is 19.6 Å². The van der Waals surface area contributed by atoms with E-state index in [-0.39, 0.29) is 11.9 Å². The molecule has 6 heteroatoms. The van der Waals surface area contributed by atoms with E-state index in [0.29, 0.717) is 5.69 Å². The number of imidazole rings is 1. The van der Waals surface area contributed by atoms with Crippen molar-refractivity contribution in [1.82, 2.24) is 25.2 Å². The van der Waals surface area contributed by atoms with Crippen molar-refractivity contribution in [2.45, 2.75) is 18.9 Å². The van der Waals surface area contributed by atoms with Crippen LogP contribution in [0, 0.1) is 5.92 Å². The Bertz CT molecular complexity index is 640. The van der Waals surface area contributed by atoms with E-state index in [1.165, 1.54) is 19.5 Å². The van der Waals surface area contributed by atoms with Crippen molar-refractivity contribution in [3.05, 3.63) is 24.3 Å². The van der Waals surface area contributed by atoms with E-state index < -0.39 is 0 Å². The Labute approximate surface area is 116 Å². The standard InChI is InChI=1S/C14H17N5O/c20-14(12-4-11-13(5-15-12)17-8-16-11)18-10-3-9-1-2-19(6-9)7-10/h4-5,8-10H,1-3,6-7H2,(H,16,17)(H,18,20)/t9-,10-/m1/s1. The molecule has 4 rings (SSSR count). The molecule has 4 heterocycles. The summed E-state index contributed by atoms with van der Waals surface area (Å²) >= 11 is 0. The number of amides is 1. The van der Waals surface area contributed by atoms with E-state index >= 15 is 0 Å². The van der Waals surface area contributed by atoms with Gasteiger partial charge in [0, 0.05) is 19.1 Å². The lowest BCUT2D eigenvalue weighted by atomic mass is 9.97. The minimum absolute atomic E-state index is 0.0889. The van der Waals surface area contributed by atoms with Gasteiger partial charge in [0.1, 0.15) is 11.2 Å². The molecular weight excluding hydrogens is 254 g/mol. The topological polar surface area (TPSA) is 73.9 Å². The number of aromatic amines is 1. The molecular formula is C14H17N5O. The summed E-state index contributed by atoms with van der Waals surface area (Å²) in [5.74, 6) is 0.658.